The lowest BCUT2D eigenvalue weighted by Crippen LogP contribution is -2.54. The lowest BCUT2D eigenvalue weighted by atomic mass is 9.92. The molecule has 0 aromatic rings. The number of amides is 2. The van der Waals surface area contributed by atoms with E-state index in [1.807, 2.05) is 4.90 Å². The Bertz CT molecular complexity index is 359. The highest BCUT2D eigenvalue weighted by molar-refractivity contribution is 5.82. The van der Waals surface area contributed by atoms with E-state index in [1.165, 1.54) is 24.2 Å². The molecule has 5 nitrogen and oxygen atoms in total. The highest BCUT2D eigenvalue weighted by Gasteiger charge is 2.39. The molecule has 1 heterocycles. The zero-order chi connectivity index (χ0) is 14.0. The molecule has 2 amide bonds. The van der Waals surface area contributed by atoms with Gasteiger partial charge in [-0.1, -0.05) is 13.3 Å². The smallest absolute Gasteiger partial charge is 0.326 e. The van der Waals surface area contributed by atoms with Crippen LogP contribution in [0.2, 0.25) is 0 Å². The molecule has 0 aromatic carbocycles. The van der Waals surface area contributed by atoms with E-state index < -0.39 is 12.0 Å². The van der Waals surface area contributed by atoms with Gasteiger partial charge in [0.2, 0.25) is 0 Å². The first-order chi connectivity index (χ1) is 9.06. The number of nitrogens with zero attached hydrogens (tertiary/aromatic N) is 2. The van der Waals surface area contributed by atoms with Crippen molar-refractivity contribution >= 4 is 12.0 Å². The van der Waals surface area contributed by atoms with E-state index >= 15 is 0 Å². The normalized spacial score (nSPS) is 27.8. The summed E-state index contributed by atoms with van der Waals surface area (Å²) in [4.78, 5) is 27.0. The molecule has 0 bridgehead atoms. The first kappa shape index (κ1) is 14.2. The van der Waals surface area contributed by atoms with E-state index in [-0.39, 0.29) is 6.03 Å². The number of hydrogen-bond acceptors (Lipinski definition) is 2. The lowest BCUT2D eigenvalue weighted by molar-refractivity contribution is -0.142. The van der Waals surface area contributed by atoms with Gasteiger partial charge in [-0.05, 0) is 38.0 Å². The maximum Gasteiger partial charge on any atom is 0.326 e. The van der Waals surface area contributed by atoms with Gasteiger partial charge in [-0.25, -0.2) is 9.59 Å². The molecule has 1 aliphatic carbocycles. The van der Waals surface area contributed by atoms with Gasteiger partial charge >= 0.3 is 12.0 Å². The van der Waals surface area contributed by atoms with Gasteiger partial charge in [-0.2, -0.15) is 0 Å². The molecule has 108 valence electrons. The Kier molecular flexibility index (Phi) is 4.32. The molecule has 1 aliphatic heterocycles. The van der Waals surface area contributed by atoms with E-state index in [4.69, 9.17) is 5.11 Å². The second-order valence-corrected chi connectivity index (χ2v) is 5.75. The molecule has 2 rings (SSSR count). The number of likely N-dealkylation sites (N-methyl/N-ethyl adjacent to an activating group) is 1. The van der Waals surface area contributed by atoms with Crippen LogP contribution in [-0.2, 0) is 4.79 Å². The van der Waals surface area contributed by atoms with Crippen molar-refractivity contribution in [1.29, 1.82) is 0 Å². The van der Waals surface area contributed by atoms with Gasteiger partial charge in [0.1, 0.15) is 6.04 Å². The number of piperidine rings is 1. The van der Waals surface area contributed by atoms with Crippen molar-refractivity contribution in [2.24, 2.45) is 5.92 Å². The number of likely N-dealkylation sites (tertiary alicyclic amines) is 1. The molecule has 2 fully saturated rings. The van der Waals surface area contributed by atoms with Gasteiger partial charge < -0.3 is 14.9 Å². The molecule has 3 unspecified atom stereocenters. The molecular weight excluding hydrogens is 244 g/mol. The fourth-order valence-corrected chi connectivity index (χ4v) is 3.64. The fraction of sp³-hybridized carbons (Fsp3) is 0.857. The first-order valence-electron chi connectivity index (χ1n) is 7.32. The van der Waals surface area contributed by atoms with Crippen molar-refractivity contribution in [3.05, 3.63) is 0 Å². The average molecular weight is 268 g/mol. The zero-order valence-electron chi connectivity index (χ0n) is 11.8. The zero-order valence-corrected chi connectivity index (χ0v) is 11.8. The van der Waals surface area contributed by atoms with Crippen LogP contribution in [0.4, 0.5) is 4.79 Å². The van der Waals surface area contributed by atoms with Gasteiger partial charge in [0, 0.05) is 19.6 Å². The summed E-state index contributed by atoms with van der Waals surface area (Å²) in [6.45, 7) is 2.58. The molecule has 0 aromatic heterocycles. The average Bonchev–Trinajstić information content (AvgIpc) is 2.86. The quantitative estimate of drug-likeness (QED) is 0.853. The predicted octanol–water partition coefficient (Wildman–Crippen LogP) is 2.17. The molecule has 5 heteroatoms. The number of carboxylic acid groups (broad SMARTS) is 1. The monoisotopic (exact) mass is 268 g/mol. The van der Waals surface area contributed by atoms with Crippen LogP contribution in [0.15, 0.2) is 0 Å². The number of fused-ring (bicyclic) bond motifs is 1. The van der Waals surface area contributed by atoms with Crippen LogP contribution < -0.4 is 0 Å². The number of carbonyl (C=O) groups excluding carboxylic acids is 1. The topological polar surface area (TPSA) is 60.9 Å². The Morgan fingerprint density at radius 3 is 2.63 bits per heavy atom. The number of aliphatic carboxylic acids is 1. The summed E-state index contributed by atoms with van der Waals surface area (Å²) in [7, 11) is 1.61. The van der Waals surface area contributed by atoms with Crippen molar-refractivity contribution in [3.63, 3.8) is 0 Å². The van der Waals surface area contributed by atoms with Crippen molar-refractivity contribution in [2.75, 3.05) is 13.6 Å². The van der Waals surface area contributed by atoms with Gasteiger partial charge in [-0.3, -0.25) is 0 Å². The maximum absolute atomic E-state index is 12.5. The minimum atomic E-state index is -0.918. The molecule has 0 spiro atoms. The van der Waals surface area contributed by atoms with Crippen LogP contribution in [-0.4, -0.2) is 52.6 Å². The van der Waals surface area contributed by atoms with Gasteiger partial charge in [0.05, 0.1) is 0 Å². The summed E-state index contributed by atoms with van der Waals surface area (Å²) in [6.07, 6.45) is 6.19. The highest BCUT2D eigenvalue weighted by atomic mass is 16.4. The Hall–Kier alpha value is -1.26. The predicted molar refractivity (Wildman–Crippen MR) is 71.9 cm³/mol. The van der Waals surface area contributed by atoms with E-state index in [9.17, 15) is 9.59 Å². The van der Waals surface area contributed by atoms with Crippen molar-refractivity contribution in [3.8, 4) is 0 Å². The standard InChI is InChI=1S/C14H24N2O3/c1-3-11(13(17)18)15(2)14(19)16-9-5-7-10-6-4-8-12(10)16/h10-12H,3-9H2,1-2H3,(H,17,18). The van der Waals surface area contributed by atoms with Gasteiger partial charge in [-0.15, -0.1) is 0 Å². The van der Waals surface area contributed by atoms with Crippen LogP contribution >= 0.6 is 0 Å². The molecule has 1 saturated carbocycles. The van der Waals surface area contributed by atoms with E-state index in [0.29, 0.717) is 18.4 Å². The molecule has 0 radical (unpaired) electrons. The van der Waals surface area contributed by atoms with Gasteiger partial charge in [0.25, 0.3) is 0 Å². The number of carbonyl (C=O) groups is 2. The fourth-order valence-electron chi connectivity index (χ4n) is 3.64. The molecule has 2 aliphatic rings. The van der Waals surface area contributed by atoms with Crippen LogP contribution in [0, 0.1) is 5.92 Å². The summed E-state index contributed by atoms with van der Waals surface area (Å²) >= 11 is 0. The van der Waals surface area contributed by atoms with E-state index in [1.54, 1.807) is 14.0 Å². The summed E-state index contributed by atoms with van der Waals surface area (Å²) in [5.74, 6) is -0.283. The van der Waals surface area contributed by atoms with Crippen LogP contribution in [0.25, 0.3) is 0 Å². The Morgan fingerprint density at radius 2 is 2.00 bits per heavy atom. The SMILES string of the molecule is CCC(C(=O)O)N(C)C(=O)N1CCCC2CCCC21. The summed E-state index contributed by atoms with van der Waals surface area (Å²) < 4.78 is 0. The third-order valence-corrected chi connectivity index (χ3v) is 4.68. The minimum Gasteiger partial charge on any atom is -0.480 e. The second-order valence-electron chi connectivity index (χ2n) is 5.75. The summed E-state index contributed by atoms with van der Waals surface area (Å²) in [5.41, 5.74) is 0. The third-order valence-electron chi connectivity index (χ3n) is 4.68. The van der Waals surface area contributed by atoms with Crippen molar-refractivity contribution in [1.82, 2.24) is 9.80 Å². The summed E-state index contributed by atoms with van der Waals surface area (Å²) in [5, 5.41) is 9.17. The Balaban J connectivity index is 2.07. The maximum atomic E-state index is 12.5. The molecule has 19 heavy (non-hydrogen) atoms. The first-order valence-corrected chi connectivity index (χ1v) is 7.32. The minimum absolute atomic E-state index is 0.106. The Labute approximate surface area is 114 Å². The van der Waals surface area contributed by atoms with E-state index in [0.717, 1.165) is 19.4 Å². The third kappa shape index (κ3) is 2.69. The number of hydrogen-bond donors (Lipinski definition) is 1. The number of urea groups is 1. The number of carboxylic acids is 1. The van der Waals surface area contributed by atoms with Crippen LogP contribution in [0.1, 0.15) is 45.4 Å². The van der Waals surface area contributed by atoms with Gasteiger partial charge in [0.15, 0.2) is 0 Å². The largest absolute Gasteiger partial charge is 0.480 e. The summed E-state index contributed by atoms with van der Waals surface area (Å²) in [6, 6.07) is -0.477. The van der Waals surface area contributed by atoms with Crippen LogP contribution in [0.3, 0.4) is 0 Å². The number of rotatable bonds is 3. The molecular formula is C14H24N2O3. The molecule has 1 N–H and O–H groups in total. The second kappa shape index (κ2) is 5.80. The lowest BCUT2D eigenvalue weighted by Gasteiger charge is -2.40. The van der Waals surface area contributed by atoms with Crippen molar-refractivity contribution in [2.45, 2.75) is 57.5 Å². The van der Waals surface area contributed by atoms with Crippen LogP contribution in [0.5, 0.6) is 0 Å². The molecule has 3 atom stereocenters. The Morgan fingerprint density at radius 1 is 1.32 bits per heavy atom. The van der Waals surface area contributed by atoms with E-state index in [2.05, 4.69) is 0 Å². The van der Waals surface area contributed by atoms with Crippen molar-refractivity contribution < 1.29 is 14.7 Å². The molecule has 1 saturated heterocycles. The highest BCUT2D eigenvalue weighted by Crippen LogP contribution is 2.37.